The molecule has 0 aromatic carbocycles. The van der Waals surface area contributed by atoms with Crippen LogP contribution in [-0.2, 0) is 19.1 Å². The van der Waals surface area contributed by atoms with Gasteiger partial charge in [0.25, 0.3) is 22.7 Å². The van der Waals surface area contributed by atoms with E-state index >= 15 is 0 Å². The summed E-state index contributed by atoms with van der Waals surface area (Å²) in [5.41, 5.74) is -19.7. The van der Waals surface area contributed by atoms with Gasteiger partial charge in [-0.05, 0) is 85.3 Å². The number of halogens is 32. The van der Waals surface area contributed by atoms with Gasteiger partial charge in [0.2, 0.25) is 19.1 Å². The van der Waals surface area contributed by atoms with E-state index < -0.39 is 183 Å². The highest BCUT2D eigenvalue weighted by Gasteiger charge is 2.77. The second kappa shape index (κ2) is 32.4. The van der Waals surface area contributed by atoms with Crippen molar-refractivity contribution in [2.45, 2.75) is 153 Å². The first-order chi connectivity index (χ1) is 34.5. The van der Waals surface area contributed by atoms with Gasteiger partial charge in [0.1, 0.15) is 0 Å². The van der Waals surface area contributed by atoms with Gasteiger partial charge >= 0.3 is 49.4 Å². The van der Waals surface area contributed by atoms with Crippen molar-refractivity contribution in [3.63, 3.8) is 0 Å². The van der Waals surface area contributed by atoms with Crippen LogP contribution in [0.1, 0.15) is 77.0 Å². The summed E-state index contributed by atoms with van der Waals surface area (Å²) in [5.74, 6) is -8.03. The predicted molar refractivity (Wildman–Crippen MR) is 235 cm³/mol. The van der Waals surface area contributed by atoms with Crippen LogP contribution < -0.4 is 10.5 Å². The molecule has 3 N–H and O–H groups in total. The molecule has 0 bridgehead atoms. The van der Waals surface area contributed by atoms with Crippen LogP contribution in [0, 0.1) is 11.8 Å². The Labute approximate surface area is 454 Å². The lowest BCUT2D eigenvalue weighted by Crippen LogP contribution is -2.57. The molecular weight excluding hydrogens is 1300 g/mol. The molecule has 8 nitrogen and oxygen atoms in total. The number of alkyl halides is 31. The molecule has 0 aliphatic heterocycles. The van der Waals surface area contributed by atoms with Crippen molar-refractivity contribution in [1.29, 1.82) is 0 Å². The van der Waals surface area contributed by atoms with Gasteiger partial charge in [-0.3, -0.25) is 0 Å². The van der Waals surface area contributed by atoms with Gasteiger partial charge in [-0.2, -0.15) is 105 Å². The van der Waals surface area contributed by atoms with Crippen LogP contribution in [0.3, 0.4) is 0 Å². The van der Waals surface area contributed by atoms with E-state index in [-0.39, 0.29) is 6.54 Å². The van der Waals surface area contributed by atoms with E-state index in [1.54, 1.807) is 19.0 Å². The first-order valence-electron chi connectivity index (χ1n) is 21.6. The molecule has 0 aliphatic carbocycles. The van der Waals surface area contributed by atoms with Crippen LogP contribution in [0.2, 0.25) is 0 Å². The number of rotatable bonds is 26. The number of hydrogen-bond acceptors (Lipinski definition) is 7. The highest BCUT2D eigenvalue weighted by atomic mass is 35.7. The van der Waals surface area contributed by atoms with Crippen molar-refractivity contribution in [2.75, 3.05) is 65.9 Å². The molecule has 79 heavy (non-hydrogen) atoms. The second-order valence-corrected chi connectivity index (χ2v) is 24.3. The molecule has 0 aromatic rings. The van der Waals surface area contributed by atoms with E-state index in [0.717, 1.165) is 19.5 Å². The number of nitrogens with two attached hydrogens (primary N) is 1. The van der Waals surface area contributed by atoms with Gasteiger partial charge in [0, 0.05) is 42.9 Å². The van der Waals surface area contributed by atoms with Gasteiger partial charge in [-0.15, -0.1) is 0 Å². The van der Waals surface area contributed by atoms with E-state index in [1.807, 2.05) is 0 Å². The molecule has 0 aliphatic rings. The Hall–Kier alpha value is -1.06. The summed E-state index contributed by atoms with van der Waals surface area (Å²) in [6.45, 7) is 2.29. The predicted octanol–water partition coefficient (Wildman–Crippen LogP) is 14.8. The Morgan fingerprint density at radius 2 is 0.633 bits per heavy atom. The zero-order chi connectivity index (χ0) is 64.3. The molecule has 0 spiro atoms. The number of sulfonamides is 1. The molecule has 0 saturated heterocycles. The normalized spacial score (nSPS) is 14.6. The Morgan fingerprint density at radius 3 is 0.823 bits per heavy atom. The quantitative estimate of drug-likeness (QED) is 0.0384. The molecule has 42 heteroatoms. The summed E-state index contributed by atoms with van der Waals surface area (Å²) in [6, 6.07) is 0. The number of nitrogens with one attached hydrogen (secondary N) is 1. The topological polar surface area (TPSA) is 113 Å². The molecule has 0 heterocycles. The molecule has 0 saturated carbocycles. The van der Waals surface area contributed by atoms with Crippen molar-refractivity contribution in [1.82, 2.24) is 14.5 Å². The lowest BCUT2D eigenvalue weighted by atomic mass is 9.80. The molecule has 0 fully saturated rings. The largest absolute Gasteiger partial charge is 0.431 e. The third-order valence-corrected chi connectivity index (χ3v) is 13.0. The molecule has 482 valence electrons. The summed E-state index contributed by atoms with van der Waals surface area (Å²) >= 11 is 14.4. The Bertz CT molecular complexity index is 1790. The number of hydrogen-bond donors (Lipinski definition) is 2. The summed E-state index contributed by atoms with van der Waals surface area (Å²) in [7, 11) is 3.86. The fourth-order valence-corrected chi connectivity index (χ4v) is 8.31. The van der Waals surface area contributed by atoms with Crippen LogP contribution in [0.15, 0.2) is 0 Å². The number of nitrogens with zero attached hydrogens (tertiary/aromatic N) is 2. The van der Waals surface area contributed by atoms with Crippen molar-refractivity contribution < 1.29 is 140 Å². The average molecular weight is 1360 g/mol. The summed E-state index contributed by atoms with van der Waals surface area (Å²) < 4.78 is 409. The SMILES string of the molecule is CN(C)CCCN.CN(C)CCCNS(=O)(=O)CCCCC(CC(F)(C(F)(F)F)C(F)(F)F)CC(F)(C(F)(F)F)C(F)(F)F.ClC(Cl)Cl.O=S(=O)(Cl)CCCCC(CC(F)(C(F)(F)F)C(F)(F)F)CC(F)(C(F)(F)F)C(F)(F)F. The minimum atomic E-state index is -6.81. The van der Waals surface area contributed by atoms with Gasteiger partial charge in [-0.1, -0.05) is 60.5 Å². The monoisotopic (exact) mass is 1350 g/mol. The standard InChI is InChI=1S/C18H26F14N2O2S.C13H13ClF14O2S.C5H14N2.CHCl3/c1-34(2)8-5-7-33-37(35,36)9-4-3-6-12(10-13(19,15(21,22)23)16(24,25)26)11-14(20,17(27,28)29)18(30,31)32;14-31(29,30)4-2-1-3-7(5-8(15,10(17,18)19)11(20,21)22)6-9(16,12(23,24)25)13(26,27)28;1-7(2)5-3-4-6;2-1(3)4/h12,33H,3-11H2,1-2H3;7H,1-6H2;3-6H2,1-2H3;1H. The molecule has 0 atom stereocenters. The molecule has 0 aromatic heterocycles. The van der Waals surface area contributed by atoms with Gasteiger partial charge in [-0.25, -0.2) is 39.1 Å². The molecule has 0 unspecified atom stereocenters. The first kappa shape index (κ1) is 84.4. The van der Waals surface area contributed by atoms with Crippen LogP contribution in [-0.4, -0.2) is 169 Å². The third kappa shape index (κ3) is 30.5. The Kier molecular flexibility index (Phi) is 34.7. The van der Waals surface area contributed by atoms with Crippen molar-refractivity contribution in [3.8, 4) is 0 Å². The highest BCUT2D eigenvalue weighted by Crippen LogP contribution is 2.57. The van der Waals surface area contributed by atoms with Gasteiger partial charge < -0.3 is 15.5 Å². The van der Waals surface area contributed by atoms with E-state index in [0.29, 0.717) is 13.0 Å². The lowest BCUT2D eigenvalue weighted by Gasteiger charge is -2.37. The fraction of sp³-hybridized carbons (Fsp3) is 1.00. The zero-order valence-electron chi connectivity index (χ0n) is 41.0. The molecular formula is C37H54Cl4F28N4O4S2. The average Bonchev–Trinajstić information content (AvgIpc) is 3.18. The molecule has 0 radical (unpaired) electrons. The van der Waals surface area contributed by atoms with Gasteiger partial charge in [0.15, 0.2) is 4.30 Å². The van der Waals surface area contributed by atoms with Crippen molar-refractivity contribution in [2.24, 2.45) is 17.6 Å². The summed E-state index contributed by atoms with van der Waals surface area (Å²) in [4.78, 5) is 3.83. The Morgan fingerprint density at radius 1 is 0.405 bits per heavy atom. The minimum Gasteiger partial charge on any atom is -0.330 e. The smallest absolute Gasteiger partial charge is 0.330 e. The minimum absolute atomic E-state index is 0.0772. The summed E-state index contributed by atoms with van der Waals surface area (Å²) in [6.07, 6.45) is -71.0. The second-order valence-electron chi connectivity index (χ2n) is 17.5. The van der Waals surface area contributed by atoms with Crippen molar-refractivity contribution in [3.05, 3.63) is 0 Å². The maximum Gasteiger partial charge on any atom is 0.431 e. The maximum atomic E-state index is 14.1. The van der Waals surface area contributed by atoms with E-state index in [1.165, 1.54) is 0 Å². The first-order valence-corrected chi connectivity index (χ1v) is 27.0. The lowest BCUT2D eigenvalue weighted by molar-refractivity contribution is -0.358. The molecule has 0 rings (SSSR count). The van der Waals surface area contributed by atoms with Crippen LogP contribution in [0.5, 0.6) is 0 Å². The van der Waals surface area contributed by atoms with Crippen LogP contribution in [0.4, 0.5) is 123 Å². The summed E-state index contributed by atoms with van der Waals surface area (Å²) in [5, 5.41) is 0. The number of unbranched alkanes of at least 4 members (excludes halogenated alkanes) is 2. The zero-order valence-corrected chi connectivity index (χ0v) is 45.6. The molecule has 0 amide bonds. The fourth-order valence-electron chi connectivity index (χ4n) is 6.25. The van der Waals surface area contributed by atoms with Crippen LogP contribution in [0.25, 0.3) is 0 Å². The van der Waals surface area contributed by atoms with Crippen molar-refractivity contribution >= 4 is 64.6 Å². The third-order valence-electron chi connectivity index (χ3n) is 10.3. The highest BCUT2D eigenvalue weighted by molar-refractivity contribution is 8.13. The van der Waals surface area contributed by atoms with Crippen LogP contribution >= 0.6 is 45.5 Å². The van der Waals surface area contributed by atoms with E-state index in [4.69, 9.17) is 51.2 Å². The van der Waals surface area contributed by atoms with E-state index in [9.17, 15) is 140 Å². The maximum absolute atomic E-state index is 14.1. The van der Waals surface area contributed by atoms with Gasteiger partial charge in [0.05, 0.1) is 11.5 Å². The van der Waals surface area contributed by atoms with E-state index in [2.05, 4.69) is 23.7 Å². The Balaban J connectivity index is -0.000000602.